The number of ether oxygens (including phenoxy) is 1. The molecule has 2 rings (SSSR count). The third-order valence-corrected chi connectivity index (χ3v) is 5.80. The van der Waals surface area contributed by atoms with E-state index in [1.807, 2.05) is 0 Å². The monoisotopic (exact) mass is 403 g/mol. The second kappa shape index (κ2) is 9.15. The molecule has 0 unspecified atom stereocenters. The van der Waals surface area contributed by atoms with Gasteiger partial charge in [0.1, 0.15) is 0 Å². The van der Waals surface area contributed by atoms with Crippen LogP contribution in [0.25, 0.3) is 0 Å². The van der Waals surface area contributed by atoms with E-state index in [0.29, 0.717) is 10.0 Å². The second-order valence-electron chi connectivity index (χ2n) is 6.66. The summed E-state index contributed by atoms with van der Waals surface area (Å²) in [5.74, 6) is -0.635. The maximum atomic E-state index is 12.4. The molecule has 1 saturated carbocycles. The minimum Gasteiger partial charge on any atom is -0.449 e. The summed E-state index contributed by atoms with van der Waals surface area (Å²) in [6.07, 6.45) is 5.45. The average Bonchev–Trinajstić information content (AvgIpc) is 2.54. The van der Waals surface area contributed by atoms with Crippen molar-refractivity contribution in [1.29, 1.82) is 0 Å². The summed E-state index contributed by atoms with van der Waals surface area (Å²) in [7, 11) is 0. The van der Waals surface area contributed by atoms with Gasteiger partial charge in [0.2, 0.25) is 0 Å². The van der Waals surface area contributed by atoms with Crippen molar-refractivity contribution in [3.63, 3.8) is 0 Å². The molecule has 1 fully saturated rings. The average molecular weight is 404 g/mol. The zero-order valence-corrected chi connectivity index (χ0v) is 16.8. The quantitative estimate of drug-likeness (QED) is 0.544. The van der Waals surface area contributed by atoms with E-state index in [-0.39, 0.29) is 17.7 Å². The number of benzene rings is 1. The fourth-order valence-corrected chi connectivity index (χ4v) is 3.96. The molecule has 0 bridgehead atoms. The Morgan fingerprint density at radius 3 is 2.56 bits per heavy atom. The highest BCUT2D eigenvalue weighted by molar-refractivity contribution is 8.00. The molecule has 0 aromatic heterocycles. The molecular formula is C18H23Cl2NO3S. The molecule has 138 valence electrons. The predicted octanol–water partition coefficient (Wildman–Crippen LogP) is 4.86. The highest BCUT2D eigenvalue weighted by atomic mass is 35.5. The molecule has 1 aromatic rings. The highest BCUT2D eigenvalue weighted by Gasteiger charge is 2.33. The number of carbonyl (C=O) groups excluding carboxylic acids is 2. The molecule has 25 heavy (non-hydrogen) atoms. The zero-order chi connectivity index (χ0) is 18.4. The van der Waals surface area contributed by atoms with Crippen LogP contribution in [-0.4, -0.2) is 29.3 Å². The number of esters is 1. The summed E-state index contributed by atoms with van der Waals surface area (Å²) in [6.45, 7) is 3.23. The zero-order valence-electron chi connectivity index (χ0n) is 14.4. The van der Waals surface area contributed by atoms with Gasteiger partial charge in [-0.3, -0.25) is 9.59 Å². The van der Waals surface area contributed by atoms with E-state index < -0.39 is 11.6 Å². The molecule has 0 heterocycles. The molecule has 1 aliphatic carbocycles. The van der Waals surface area contributed by atoms with Crippen molar-refractivity contribution in [3.05, 3.63) is 28.2 Å². The van der Waals surface area contributed by atoms with Gasteiger partial charge in [-0.15, -0.1) is 11.8 Å². The Morgan fingerprint density at radius 1 is 1.24 bits per heavy atom. The molecule has 1 aromatic carbocycles. The van der Waals surface area contributed by atoms with E-state index in [0.717, 1.165) is 30.6 Å². The van der Waals surface area contributed by atoms with Crippen LogP contribution in [-0.2, 0) is 14.3 Å². The molecule has 7 heteroatoms. The summed E-state index contributed by atoms with van der Waals surface area (Å²) in [5, 5.41) is 4.02. The second-order valence-corrected chi connectivity index (χ2v) is 8.52. The number of thioether (sulfide) groups is 1. The van der Waals surface area contributed by atoms with E-state index >= 15 is 0 Å². The Morgan fingerprint density at radius 2 is 1.92 bits per heavy atom. The third kappa shape index (κ3) is 6.39. The van der Waals surface area contributed by atoms with Gasteiger partial charge in [0.15, 0.2) is 5.60 Å². The normalized spacial score (nSPS) is 15.7. The van der Waals surface area contributed by atoms with Crippen LogP contribution in [0.4, 0.5) is 0 Å². The predicted molar refractivity (Wildman–Crippen MR) is 102 cm³/mol. The fraction of sp³-hybridized carbons (Fsp3) is 0.556. The van der Waals surface area contributed by atoms with Gasteiger partial charge in [0.25, 0.3) is 5.91 Å². The Kier molecular flexibility index (Phi) is 7.47. The van der Waals surface area contributed by atoms with E-state index in [1.165, 1.54) is 18.2 Å². The van der Waals surface area contributed by atoms with Crippen molar-refractivity contribution < 1.29 is 14.3 Å². The van der Waals surface area contributed by atoms with E-state index in [1.54, 1.807) is 32.0 Å². The largest absolute Gasteiger partial charge is 0.449 e. The Balaban J connectivity index is 1.83. The molecule has 1 N–H and O–H groups in total. The summed E-state index contributed by atoms with van der Waals surface area (Å²) in [4.78, 5) is 25.3. The fourth-order valence-electron chi connectivity index (χ4n) is 2.70. The van der Waals surface area contributed by atoms with E-state index in [4.69, 9.17) is 27.9 Å². The van der Waals surface area contributed by atoms with Gasteiger partial charge in [-0.05, 0) is 44.9 Å². The maximum absolute atomic E-state index is 12.4. The molecule has 0 atom stereocenters. The molecule has 0 spiro atoms. The van der Waals surface area contributed by atoms with Crippen LogP contribution in [0.1, 0.15) is 46.0 Å². The van der Waals surface area contributed by atoms with Gasteiger partial charge in [0.05, 0.1) is 10.8 Å². The van der Waals surface area contributed by atoms with Crippen molar-refractivity contribution in [2.24, 2.45) is 0 Å². The lowest BCUT2D eigenvalue weighted by atomic mass is 9.94. The first kappa shape index (κ1) is 20.4. The van der Waals surface area contributed by atoms with Gasteiger partial charge >= 0.3 is 5.97 Å². The number of carbonyl (C=O) groups is 2. The van der Waals surface area contributed by atoms with Crippen molar-refractivity contribution in [1.82, 2.24) is 5.32 Å². The maximum Gasteiger partial charge on any atom is 0.317 e. The van der Waals surface area contributed by atoms with Gasteiger partial charge in [0, 0.05) is 16.0 Å². The minimum atomic E-state index is -1.20. The number of nitrogens with one attached hydrogen (secondary N) is 1. The lowest BCUT2D eigenvalue weighted by molar-refractivity contribution is -0.162. The van der Waals surface area contributed by atoms with Crippen molar-refractivity contribution in [3.8, 4) is 0 Å². The van der Waals surface area contributed by atoms with E-state index in [2.05, 4.69) is 5.32 Å². The van der Waals surface area contributed by atoms with Crippen molar-refractivity contribution >= 4 is 46.8 Å². The van der Waals surface area contributed by atoms with Gasteiger partial charge < -0.3 is 10.1 Å². The van der Waals surface area contributed by atoms with Crippen molar-refractivity contribution in [2.45, 2.75) is 62.5 Å². The molecule has 4 nitrogen and oxygen atoms in total. The summed E-state index contributed by atoms with van der Waals surface area (Å²) >= 11 is 13.2. The highest BCUT2D eigenvalue weighted by Crippen LogP contribution is 2.30. The lowest BCUT2D eigenvalue weighted by Gasteiger charge is -2.29. The summed E-state index contributed by atoms with van der Waals surface area (Å²) < 4.78 is 5.39. The molecule has 0 saturated heterocycles. The topological polar surface area (TPSA) is 55.4 Å². The Bertz CT molecular complexity index is 631. The van der Waals surface area contributed by atoms with Crippen LogP contribution in [0.3, 0.4) is 0 Å². The van der Waals surface area contributed by atoms with Crippen LogP contribution in [0, 0.1) is 0 Å². The number of hydrogen-bond donors (Lipinski definition) is 1. The number of halogens is 2. The summed E-state index contributed by atoms with van der Waals surface area (Å²) in [5.41, 5.74) is -1.20. The Hall–Kier alpha value is -0.910. The van der Waals surface area contributed by atoms with Crippen LogP contribution in [0.15, 0.2) is 23.1 Å². The molecule has 0 aliphatic heterocycles. The number of amides is 1. The minimum absolute atomic E-state index is 0.0709. The standard InChI is InChI=1S/C18H23Cl2NO3S/c1-18(2,17(23)21-13-6-4-3-5-7-13)24-16(22)11-25-15-9-8-12(19)10-14(15)20/h8-10,13H,3-7,11H2,1-2H3,(H,21,23). The van der Waals surface area contributed by atoms with Crippen molar-refractivity contribution in [2.75, 3.05) is 5.75 Å². The van der Waals surface area contributed by atoms with Gasteiger partial charge in [-0.2, -0.15) is 0 Å². The smallest absolute Gasteiger partial charge is 0.317 e. The third-order valence-electron chi connectivity index (χ3n) is 4.10. The molecule has 0 radical (unpaired) electrons. The first-order valence-electron chi connectivity index (χ1n) is 8.38. The Labute approximate surface area is 163 Å². The number of hydrogen-bond acceptors (Lipinski definition) is 4. The van der Waals surface area contributed by atoms with Crippen LogP contribution in [0.2, 0.25) is 10.0 Å². The lowest BCUT2D eigenvalue weighted by Crippen LogP contribution is -2.49. The molecule has 1 aliphatic rings. The van der Waals surface area contributed by atoms with Crippen LogP contribution in [0.5, 0.6) is 0 Å². The molecular weight excluding hydrogens is 381 g/mol. The number of rotatable bonds is 6. The molecule has 1 amide bonds. The van der Waals surface area contributed by atoms with Gasteiger partial charge in [-0.25, -0.2) is 0 Å². The first-order chi connectivity index (χ1) is 11.8. The van der Waals surface area contributed by atoms with E-state index in [9.17, 15) is 9.59 Å². The van der Waals surface area contributed by atoms with Crippen LogP contribution < -0.4 is 5.32 Å². The summed E-state index contributed by atoms with van der Waals surface area (Å²) in [6, 6.07) is 5.27. The SMILES string of the molecule is CC(C)(OC(=O)CSc1ccc(Cl)cc1Cl)C(=O)NC1CCCCC1. The van der Waals surface area contributed by atoms with Gasteiger partial charge in [-0.1, -0.05) is 42.5 Å². The first-order valence-corrected chi connectivity index (χ1v) is 10.1. The van der Waals surface area contributed by atoms with Crippen LogP contribution >= 0.6 is 35.0 Å².